The lowest BCUT2D eigenvalue weighted by atomic mass is 9.84. The summed E-state index contributed by atoms with van der Waals surface area (Å²) < 4.78 is 27.6. The molecule has 1 aromatic carbocycles. The second-order valence-electron chi connectivity index (χ2n) is 6.90. The summed E-state index contributed by atoms with van der Waals surface area (Å²) in [5.74, 6) is 2.46. The zero-order valence-electron chi connectivity index (χ0n) is 14.0. The Hall–Kier alpha value is -2.04. The first kappa shape index (κ1) is 18.3. The van der Waals surface area contributed by atoms with Crippen molar-refractivity contribution in [2.75, 3.05) is 13.1 Å². The third-order valence-electron chi connectivity index (χ3n) is 4.18. The molecule has 0 saturated carbocycles. The zero-order valence-corrected chi connectivity index (χ0v) is 14.8. The van der Waals surface area contributed by atoms with E-state index in [-0.39, 0.29) is 18.0 Å². The lowest BCUT2D eigenvalue weighted by molar-refractivity contribution is 0.0492. The Bertz CT molecular complexity index is 747. The highest BCUT2D eigenvalue weighted by molar-refractivity contribution is 7.89. The number of carboxylic acid groups (broad SMARTS) is 1. The number of amides is 1. The fourth-order valence-electron chi connectivity index (χ4n) is 2.86. The van der Waals surface area contributed by atoms with Gasteiger partial charge in [-0.1, -0.05) is 44.9 Å². The highest BCUT2D eigenvalue weighted by Crippen LogP contribution is 2.34. The van der Waals surface area contributed by atoms with Gasteiger partial charge in [0.05, 0.1) is 11.4 Å². The highest BCUT2D eigenvalue weighted by atomic mass is 32.2. The van der Waals surface area contributed by atoms with Crippen molar-refractivity contribution in [3.8, 4) is 12.3 Å². The lowest BCUT2D eigenvalue weighted by Gasteiger charge is -2.48. The van der Waals surface area contributed by atoms with E-state index in [1.165, 1.54) is 21.3 Å². The third-order valence-corrected chi connectivity index (χ3v) is 6.11. The van der Waals surface area contributed by atoms with Gasteiger partial charge in [0.15, 0.2) is 0 Å². The number of sulfonamides is 1. The van der Waals surface area contributed by atoms with Gasteiger partial charge in [-0.2, -0.15) is 4.31 Å². The van der Waals surface area contributed by atoms with Crippen LogP contribution in [0.2, 0.25) is 0 Å². The van der Waals surface area contributed by atoms with Crippen molar-refractivity contribution < 1.29 is 18.3 Å². The minimum atomic E-state index is -3.83. The normalized spacial score (nSPS) is 22.8. The smallest absolute Gasteiger partial charge is 0.407 e. The number of rotatable bonds is 2. The number of piperazine rings is 1. The predicted octanol–water partition coefficient (Wildman–Crippen LogP) is 2.09. The van der Waals surface area contributed by atoms with E-state index in [2.05, 4.69) is 5.92 Å². The maximum Gasteiger partial charge on any atom is 0.407 e. The van der Waals surface area contributed by atoms with E-state index in [9.17, 15) is 18.3 Å². The average Bonchev–Trinajstić information content (AvgIpc) is 2.53. The zero-order chi connectivity index (χ0) is 18.1. The van der Waals surface area contributed by atoms with E-state index >= 15 is 0 Å². The van der Waals surface area contributed by atoms with Crippen LogP contribution in [0.25, 0.3) is 0 Å². The van der Waals surface area contributed by atoms with Crippen LogP contribution in [-0.2, 0) is 10.0 Å². The van der Waals surface area contributed by atoms with E-state index in [4.69, 9.17) is 6.42 Å². The second-order valence-corrected chi connectivity index (χ2v) is 8.74. The predicted molar refractivity (Wildman–Crippen MR) is 90.9 cm³/mol. The van der Waals surface area contributed by atoms with Gasteiger partial charge in [-0.25, -0.2) is 13.2 Å². The molecule has 130 valence electrons. The van der Waals surface area contributed by atoms with Gasteiger partial charge in [-0.3, -0.25) is 0 Å². The second kappa shape index (κ2) is 6.46. The van der Waals surface area contributed by atoms with Gasteiger partial charge in [-0.15, -0.1) is 6.42 Å². The molecule has 1 heterocycles. The largest absolute Gasteiger partial charge is 0.465 e. The Balaban J connectivity index is 2.55. The van der Waals surface area contributed by atoms with Crippen molar-refractivity contribution in [2.45, 2.75) is 37.8 Å². The summed E-state index contributed by atoms with van der Waals surface area (Å²) in [6, 6.07) is 6.67. The summed E-state index contributed by atoms with van der Waals surface area (Å²) >= 11 is 0. The number of benzene rings is 1. The number of carbonyl (C=O) groups is 1. The topological polar surface area (TPSA) is 77.9 Å². The number of terminal acetylenes is 1. The molecule has 1 N–H and O–H groups in total. The van der Waals surface area contributed by atoms with Gasteiger partial charge < -0.3 is 10.0 Å². The summed E-state index contributed by atoms with van der Waals surface area (Å²) in [4.78, 5) is 12.8. The van der Waals surface area contributed by atoms with E-state index in [0.29, 0.717) is 0 Å². The van der Waals surface area contributed by atoms with Crippen LogP contribution in [0.5, 0.6) is 0 Å². The number of hydrogen-bond donors (Lipinski definition) is 1. The molecule has 2 rings (SSSR count). The van der Waals surface area contributed by atoms with Gasteiger partial charge in [0.25, 0.3) is 0 Å². The van der Waals surface area contributed by atoms with E-state index in [1.54, 1.807) is 18.2 Å². The average molecular weight is 350 g/mol. The molecule has 2 atom stereocenters. The summed E-state index contributed by atoms with van der Waals surface area (Å²) in [6.45, 7) is 5.69. The van der Waals surface area contributed by atoms with Crippen LogP contribution >= 0.6 is 0 Å². The molecule has 24 heavy (non-hydrogen) atoms. The van der Waals surface area contributed by atoms with Gasteiger partial charge in [-0.05, 0) is 17.5 Å². The van der Waals surface area contributed by atoms with Gasteiger partial charge >= 0.3 is 6.09 Å². The Morgan fingerprint density at radius 3 is 2.29 bits per heavy atom. The first-order valence-corrected chi connectivity index (χ1v) is 9.05. The monoisotopic (exact) mass is 350 g/mol. The van der Waals surface area contributed by atoms with Crippen molar-refractivity contribution in [1.29, 1.82) is 0 Å². The molecule has 1 aliphatic rings. The molecule has 0 aromatic heterocycles. The Morgan fingerprint density at radius 1 is 1.25 bits per heavy atom. The molecule has 7 heteroatoms. The minimum Gasteiger partial charge on any atom is -0.465 e. The fraction of sp³-hybridized carbons (Fsp3) is 0.471. The molecule has 1 fully saturated rings. The standard InChI is InChI=1S/C17H22N2O4S/c1-5-13-11-18(16(20)21)12-15(17(2,3)4)19(13)24(22,23)14-9-7-6-8-10-14/h1,6-10,13,15H,11-12H2,2-4H3,(H,20,21). The van der Waals surface area contributed by atoms with Crippen molar-refractivity contribution >= 4 is 16.1 Å². The molecule has 0 radical (unpaired) electrons. The quantitative estimate of drug-likeness (QED) is 0.829. The third kappa shape index (κ3) is 3.40. The Kier molecular flexibility index (Phi) is 4.92. The van der Waals surface area contributed by atoms with Crippen molar-refractivity contribution in [3.63, 3.8) is 0 Å². The Labute approximate surface area is 143 Å². The van der Waals surface area contributed by atoms with Crippen LogP contribution in [0.15, 0.2) is 35.2 Å². The SMILES string of the molecule is C#CC1CN(C(=O)O)CC(C(C)(C)C)N1S(=O)(=O)c1ccccc1. The molecule has 1 aliphatic heterocycles. The minimum absolute atomic E-state index is 0.0372. The maximum absolute atomic E-state index is 13.2. The van der Waals surface area contributed by atoms with Gasteiger partial charge in [0, 0.05) is 12.6 Å². The van der Waals surface area contributed by atoms with Crippen LogP contribution in [-0.4, -0.2) is 54.0 Å². The van der Waals surface area contributed by atoms with Crippen LogP contribution < -0.4 is 0 Å². The van der Waals surface area contributed by atoms with Crippen LogP contribution in [0, 0.1) is 17.8 Å². The highest BCUT2D eigenvalue weighted by Gasteiger charge is 2.47. The molecular formula is C17H22N2O4S. The Morgan fingerprint density at radius 2 is 1.83 bits per heavy atom. The number of hydrogen-bond acceptors (Lipinski definition) is 3. The van der Waals surface area contributed by atoms with Gasteiger partial charge in [0.2, 0.25) is 10.0 Å². The first-order valence-electron chi connectivity index (χ1n) is 7.61. The fourth-order valence-corrected chi connectivity index (χ4v) is 4.78. The van der Waals surface area contributed by atoms with Crippen LogP contribution in [0.1, 0.15) is 20.8 Å². The van der Waals surface area contributed by atoms with E-state index < -0.39 is 33.6 Å². The molecule has 0 bridgehead atoms. The first-order chi connectivity index (χ1) is 11.1. The summed E-state index contributed by atoms with van der Waals surface area (Å²) in [5.41, 5.74) is -0.481. The van der Waals surface area contributed by atoms with Crippen LogP contribution in [0.4, 0.5) is 4.79 Å². The summed E-state index contributed by atoms with van der Waals surface area (Å²) in [6.07, 6.45) is 4.46. The molecule has 6 nitrogen and oxygen atoms in total. The van der Waals surface area contributed by atoms with E-state index in [1.807, 2.05) is 20.8 Å². The lowest BCUT2D eigenvalue weighted by Crippen LogP contribution is -2.64. The molecule has 0 aliphatic carbocycles. The van der Waals surface area contributed by atoms with Crippen LogP contribution in [0.3, 0.4) is 0 Å². The maximum atomic E-state index is 13.2. The molecular weight excluding hydrogens is 328 g/mol. The van der Waals surface area contributed by atoms with Crippen molar-refractivity contribution in [1.82, 2.24) is 9.21 Å². The molecule has 0 spiro atoms. The van der Waals surface area contributed by atoms with E-state index in [0.717, 1.165) is 0 Å². The summed E-state index contributed by atoms with van der Waals surface area (Å²) in [5, 5.41) is 9.33. The number of nitrogens with zero attached hydrogens (tertiary/aromatic N) is 2. The summed E-state index contributed by atoms with van der Waals surface area (Å²) in [7, 11) is -3.83. The van der Waals surface area contributed by atoms with Gasteiger partial charge in [0.1, 0.15) is 6.04 Å². The molecule has 1 amide bonds. The molecule has 1 aromatic rings. The van der Waals surface area contributed by atoms with Crippen molar-refractivity contribution in [2.24, 2.45) is 5.41 Å². The molecule has 2 unspecified atom stereocenters. The van der Waals surface area contributed by atoms with Crippen molar-refractivity contribution in [3.05, 3.63) is 30.3 Å². The molecule has 1 saturated heterocycles.